The summed E-state index contributed by atoms with van der Waals surface area (Å²) in [6.45, 7) is 2.76. The minimum Gasteiger partial charge on any atom is -0.354 e. The quantitative estimate of drug-likeness (QED) is 0.726. The second kappa shape index (κ2) is 8.15. The third-order valence-corrected chi connectivity index (χ3v) is 3.60. The van der Waals surface area contributed by atoms with Gasteiger partial charge in [-0.1, -0.05) is 24.9 Å². The summed E-state index contributed by atoms with van der Waals surface area (Å²) in [7, 11) is 0. The lowest BCUT2D eigenvalue weighted by atomic mass is 10.2. The average molecular weight is 373 g/mol. The molecule has 5 nitrogen and oxygen atoms in total. The van der Waals surface area contributed by atoms with E-state index in [2.05, 4.69) is 27.5 Å². The van der Waals surface area contributed by atoms with E-state index in [1.165, 1.54) is 12.4 Å². The zero-order valence-corrected chi connectivity index (χ0v) is 14.1. The molecule has 0 saturated heterocycles. The van der Waals surface area contributed by atoms with Gasteiger partial charge in [-0.15, -0.1) is 0 Å². The summed E-state index contributed by atoms with van der Waals surface area (Å²) in [6, 6.07) is 2.71. The Kier molecular flexibility index (Phi) is 6.19. The van der Waals surface area contributed by atoms with Crippen molar-refractivity contribution in [1.82, 2.24) is 9.97 Å². The Morgan fingerprint density at radius 2 is 1.92 bits per heavy atom. The van der Waals surface area contributed by atoms with Crippen molar-refractivity contribution >= 4 is 29.1 Å². The minimum atomic E-state index is -4.53. The number of carbonyl (C=O) groups is 1. The molecule has 134 valence electrons. The number of benzene rings is 1. The van der Waals surface area contributed by atoms with Gasteiger partial charge < -0.3 is 10.6 Å². The highest BCUT2D eigenvalue weighted by atomic mass is 35.5. The number of halogens is 4. The number of rotatable bonds is 6. The van der Waals surface area contributed by atoms with Crippen molar-refractivity contribution in [3.8, 4) is 0 Å². The van der Waals surface area contributed by atoms with Crippen LogP contribution in [0.1, 0.15) is 35.7 Å². The highest BCUT2D eigenvalue weighted by Gasteiger charge is 2.31. The number of unbranched alkanes of at least 4 members (excludes halogenated alkanes) is 1. The van der Waals surface area contributed by atoms with E-state index in [9.17, 15) is 18.0 Å². The Bertz CT molecular complexity index is 735. The molecule has 0 aliphatic heterocycles. The van der Waals surface area contributed by atoms with Gasteiger partial charge in [0.15, 0.2) is 0 Å². The van der Waals surface area contributed by atoms with Crippen molar-refractivity contribution in [1.29, 1.82) is 0 Å². The van der Waals surface area contributed by atoms with Crippen LogP contribution in [0.3, 0.4) is 0 Å². The van der Waals surface area contributed by atoms with Crippen molar-refractivity contribution in [3.63, 3.8) is 0 Å². The Hall–Kier alpha value is -2.35. The Balaban J connectivity index is 2.09. The number of anilines is 2. The highest BCUT2D eigenvalue weighted by molar-refractivity contribution is 6.34. The van der Waals surface area contributed by atoms with Crippen LogP contribution in [0.15, 0.2) is 30.6 Å². The fraction of sp³-hybridized carbons (Fsp3) is 0.312. The molecule has 0 unspecified atom stereocenters. The molecule has 1 amide bonds. The number of hydrogen-bond donors (Lipinski definition) is 2. The van der Waals surface area contributed by atoms with Gasteiger partial charge >= 0.3 is 6.18 Å². The first-order valence-electron chi connectivity index (χ1n) is 7.55. The molecule has 0 atom stereocenters. The molecule has 0 aliphatic carbocycles. The molecule has 25 heavy (non-hydrogen) atoms. The third-order valence-electron chi connectivity index (χ3n) is 3.27. The summed E-state index contributed by atoms with van der Waals surface area (Å²) in [6.07, 6.45) is 0.0279. The fourth-order valence-corrected chi connectivity index (χ4v) is 2.07. The second-order valence-electron chi connectivity index (χ2n) is 5.22. The van der Waals surface area contributed by atoms with Gasteiger partial charge in [-0.2, -0.15) is 13.2 Å². The van der Waals surface area contributed by atoms with Crippen molar-refractivity contribution in [2.24, 2.45) is 0 Å². The van der Waals surface area contributed by atoms with Gasteiger partial charge in [-0.3, -0.25) is 4.79 Å². The van der Waals surface area contributed by atoms with E-state index in [4.69, 9.17) is 11.6 Å². The number of nitrogens with one attached hydrogen (secondary N) is 2. The van der Waals surface area contributed by atoms with E-state index in [0.717, 1.165) is 31.0 Å². The largest absolute Gasteiger partial charge is 0.416 e. The van der Waals surface area contributed by atoms with E-state index in [1.54, 1.807) is 0 Å². The zero-order chi connectivity index (χ0) is 18.4. The van der Waals surface area contributed by atoms with Gasteiger partial charge in [-0.05, 0) is 24.6 Å². The second-order valence-corrected chi connectivity index (χ2v) is 5.63. The van der Waals surface area contributed by atoms with Crippen LogP contribution in [0, 0.1) is 0 Å². The first-order chi connectivity index (χ1) is 11.8. The molecule has 0 radical (unpaired) electrons. The first kappa shape index (κ1) is 19.0. The number of hydrogen-bond acceptors (Lipinski definition) is 4. The van der Waals surface area contributed by atoms with Crippen LogP contribution in [0.5, 0.6) is 0 Å². The van der Waals surface area contributed by atoms with Gasteiger partial charge in [0.2, 0.25) is 5.95 Å². The molecule has 0 saturated carbocycles. The Labute approximate surface area is 147 Å². The van der Waals surface area contributed by atoms with Gasteiger partial charge in [0.1, 0.15) is 0 Å². The minimum absolute atomic E-state index is 0.000112. The molecule has 1 aromatic carbocycles. The molecule has 0 bridgehead atoms. The van der Waals surface area contributed by atoms with Crippen LogP contribution < -0.4 is 10.6 Å². The molecule has 1 heterocycles. The lowest BCUT2D eigenvalue weighted by Crippen LogP contribution is -2.15. The van der Waals surface area contributed by atoms with Gasteiger partial charge in [-0.25, -0.2) is 9.97 Å². The summed E-state index contributed by atoms with van der Waals surface area (Å²) in [5, 5.41) is 5.33. The van der Waals surface area contributed by atoms with Gasteiger partial charge in [0, 0.05) is 18.9 Å². The molecule has 0 fully saturated rings. The molecular weight excluding hydrogens is 357 g/mol. The standard InChI is InChI=1S/C16H16ClF3N4O/c1-2-3-6-21-15-22-8-10(9-23-15)14(25)24-13-7-11(16(18,19)20)4-5-12(13)17/h4-5,7-9H,2-3,6H2,1H3,(H,24,25)(H,21,22,23). The lowest BCUT2D eigenvalue weighted by molar-refractivity contribution is -0.137. The van der Waals surface area contributed by atoms with Crippen LogP contribution in [0.25, 0.3) is 0 Å². The number of nitrogens with zero attached hydrogens (tertiary/aromatic N) is 2. The third kappa shape index (κ3) is 5.32. The van der Waals surface area contributed by atoms with Gasteiger partial charge in [0.05, 0.1) is 21.8 Å². The van der Waals surface area contributed by atoms with Crippen LogP contribution in [-0.4, -0.2) is 22.4 Å². The fourth-order valence-electron chi connectivity index (χ4n) is 1.91. The van der Waals surface area contributed by atoms with E-state index in [1.807, 2.05) is 0 Å². The van der Waals surface area contributed by atoms with Crippen molar-refractivity contribution in [3.05, 3.63) is 46.7 Å². The number of alkyl halides is 3. The zero-order valence-electron chi connectivity index (χ0n) is 13.3. The Morgan fingerprint density at radius 3 is 2.52 bits per heavy atom. The van der Waals surface area contributed by atoms with Crippen molar-refractivity contribution < 1.29 is 18.0 Å². The SMILES string of the molecule is CCCCNc1ncc(C(=O)Nc2cc(C(F)(F)F)ccc2Cl)cn1. The van der Waals surface area contributed by atoms with Gasteiger partial charge in [0.25, 0.3) is 5.91 Å². The predicted octanol–water partition coefficient (Wildman–Crippen LogP) is 4.61. The molecule has 9 heteroatoms. The Morgan fingerprint density at radius 1 is 1.24 bits per heavy atom. The summed E-state index contributed by atoms with van der Waals surface area (Å²) in [5.74, 6) is -0.275. The molecule has 2 rings (SSSR count). The number of carbonyl (C=O) groups excluding carboxylic acids is 1. The smallest absolute Gasteiger partial charge is 0.354 e. The predicted molar refractivity (Wildman–Crippen MR) is 89.8 cm³/mol. The molecule has 2 aromatic rings. The normalized spacial score (nSPS) is 11.2. The van der Waals surface area contributed by atoms with E-state index >= 15 is 0 Å². The molecule has 2 N–H and O–H groups in total. The topological polar surface area (TPSA) is 66.9 Å². The maximum Gasteiger partial charge on any atom is 0.416 e. The number of aromatic nitrogens is 2. The first-order valence-corrected chi connectivity index (χ1v) is 7.93. The highest BCUT2D eigenvalue weighted by Crippen LogP contribution is 2.33. The van der Waals surface area contributed by atoms with Crippen LogP contribution in [-0.2, 0) is 6.18 Å². The van der Waals surface area contributed by atoms with Crippen LogP contribution in [0.2, 0.25) is 5.02 Å². The lowest BCUT2D eigenvalue weighted by Gasteiger charge is -2.11. The van der Waals surface area contributed by atoms with Crippen LogP contribution >= 0.6 is 11.6 Å². The average Bonchev–Trinajstić information content (AvgIpc) is 2.56. The van der Waals surface area contributed by atoms with E-state index in [0.29, 0.717) is 12.5 Å². The summed E-state index contributed by atoms with van der Waals surface area (Å²) in [4.78, 5) is 20.1. The van der Waals surface area contributed by atoms with Crippen molar-refractivity contribution in [2.45, 2.75) is 25.9 Å². The summed E-state index contributed by atoms with van der Waals surface area (Å²) >= 11 is 5.85. The van der Waals surface area contributed by atoms with E-state index < -0.39 is 17.6 Å². The maximum absolute atomic E-state index is 12.7. The molecule has 0 aliphatic rings. The maximum atomic E-state index is 12.7. The summed E-state index contributed by atoms with van der Waals surface area (Å²) < 4.78 is 38.2. The van der Waals surface area contributed by atoms with Crippen molar-refractivity contribution in [2.75, 3.05) is 17.2 Å². The molecule has 0 spiro atoms. The van der Waals surface area contributed by atoms with E-state index in [-0.39, 0.29) is 16.3 Å². The summed E-state index contributed by atoms with van der Waals surface area (Å²) in [5.41, 5.74) is -0.930. The monoisotopic (exact) mass is 372 g/mol. The number of amides is 1. The molecule has 1 aromatic heterocycles. The molecular formula is C16H16ClF3N4O. The van der Waals surface area contributed by atoms with Crippen LogP contribution in [0.4, 0.5) is 24.8 Å².